The Kier molecular flexibility index (Phi) is 4.16. The molecule has 7 nitrogen and oxygen atoms in total. The van der Waals surface area contributed by atoms with Crippen LogP contribution in [0.4, 0.5) is 0 Å². The number of rotatable bonds is 5. The van der Waals surface area contributed by atoms with Gasteiger partial charge in [-0.2, -0.15) is 4.98 Å². The Labute approximate surface area is 156 Å². The van der Waals surface area contributed by atoms with E-state index in [-0.39, 0.29) is 5.69 Å². The summed E-state index contributed by atoms with van der Waals surface area (Å²) in [5.74, 6) is 2.12. The van der Waals surface area contributed by atoms with Crippen LogP contribution in [-0.4, -0.2) is 39.2 Å². The summed E-state index contributed by atoms with van der Waals surface area (Å²) in [5, 5.41) is 3.42. The molecule has 140 valence electrons. The van der Waals surface area contributed by atoms with E-state index in [1.807, 2.05) is 24.3 Å². The summed E-state index contributed by atoms with van der Waals surface area (Å²) < 4.78 is 7.82. The maximum Gasteiger partial charge on any atom is 0.326 e. The molecule has 3 heterocycles. The lowest BCUT2D eigenvalue weighted by Crippen LogP contribution is -2.21. The maximum absolute atomic E-state index is 12.2. The molecule has 1 aliphatic heterocycles. The molecule has 0 bridgehead atoms. The minimum absolute atomic E-state index is 0.107. The molecular formula is C20H23N5O2. The van der Waals surface area contributed by atoms with Crippen molar-refractivity contribution in [2.24, 2.45) is 0 Å². The number of benzene rings is 1. The first-order chi connectivity index (χ1) is 13.3. The normalized spacial score (nSPS) is 16.9. The standard InChI is InChI=1S/C20H23N5O2/c26-20-23-16-3-1-2-4-17(16)25(20)11-12-27-19-14-7-9-21-10-8-15(14)22-18(24-19)13-5-6-13/h1-4,13,21H,5-12H2,(H,23,26). The van der Waals surface area contributed by atoms with E-state index >= 15 is 0 Å². The SMILES string of the molecule is O=c1[nH]c2ccccc2n1CCOc1nc(C2CC2)nc2c1CCNCC2. The van der Waals surface area contributed by atoms with Crippen molar-refractivity contribution in [3.8, 4) is 5.88 Å². The van der Waals surface area contributed by atoms with Crippen LogP contribution in [0.2, 0.25) is 0 Å². The van der Waals surface area contributed by atoms with Gasteiger partial charge in [0.2, 0.25) is 5.88 Å². The lowest BCUT2D eigenvalue weighted by atomic mass is 10.1. The Morgan fingerprint density at radius 1 is 1.15 bits per heavy atom. The highest BCUT2D eigenvalue weighted by molar-refractivity contribution is 5.74. The number of hydrogen-bond acceptors (Lipinski definition) is 5. The smallest absolute Gasteiger partial charge is 0.326 e. The molecule has 1 saturated carbocycles. The van der Waals surface area contributed by atoms with Crippen molar-refractivity contribution in [1.29, 1.82) is 0 Å². The third-order valence-corrected chi connectivity index (χ3v) is 5.34. The summed E-state index contributed by atoms with van der Waals surface area (Å²) in [7, 11) is 0. The van der Waals surface area contributed by atoms with E-state index in [1.165, 1.54) is 12.8 Å². The highest BCUT2D eigenvalue weighted by Crippen LogP contribution is 2.39. The first-order valence-corrected chi connectivity index (χ1v) is 9.70. The van der Waals surface area contributed by atoms with Crippen molar-refractivity contribution < 1.29 is 4.74 Å². The zero-order valence-electron chi connectivity index (χ0n) is 15.2. The predicted octanol–water partition coefficient (Wildman–Crippen LogP) is 1.76. The number of ether oxygens (including phenoxy) is 1. The van der Waals surface area contributed by atoms with Crippen LogP contribution >= 0.6 is 0 Å². The van der Waals surface area contributed by atoms with Gasteiger partial charge in [-0.1, -0.05) is 12.1 Å². The number of aromatic nitrogens is 4. The Morgan fingerprint density at radius 3 is 2.89 bits per heavy atom. The van der Waals surface area contributed by atoms with Crippen LogP contribution in [0.1, 0.15) is 35.8 Å². The highest BCUT2D eigenvalue weighted by atomic mass is 16.5. The summed E-state index contributed by atoms with van der Waals surface area (Å²) in [6.07, 6.45) is 4.13. The van der Waals surface area contributed by atoms with Gasteiger partial charge in [-0.25, -0.2) is 9.78 Å². The van der Waals surface area contributed by atoms with Crippen LogP contribution in [-0.2, 0) is 19.4 Å². The molecule has 0 saturated heterocycles. The van der Waals surface area contributed by atoms with E-state index in [9.17, 15) is 4.79 Å². The summed E-state index contributed by atoms with van der Waals surface area (Å²) in [4.78, 5) is 24.7. The minimum Gasteiger partial charge on any atom is -0.475 e. The number of para-hydroxylation sites is 2. The van der Waals surface area contributed by atoms with E-state index < -0.39 is 0 Å². The van der Waals surface area contributed by atoms with Crippen molar-refractivity contribution in [2.45, 2.75) is 38.1 Å². The molecule has 1 fully saturated rings. The van der Waals surface area contributed by atoms with Gasteiger partial charge < -0.3 is 15.0 Å². The summed E-state index contributed by atoms with van der Waals surface area (Å²) in [6.45, 7) is 2.75. The van der Waals surface area contributed by atoms with Gasteiger partial charge in [0.15, 0.2) is 0 Å². The molecule has 0 unspecified atom stereocenters. The molecule has 5 rings (SSSR count). The highest BCUT2D eigenvalue weighted by Gasteiger charge is 2.29. The molecule has 0 spiro atoms. The number of fused-ring (bicyclic) bond motifs is 2. The van der Waals surface area contributed by atoms with E-state index in [1.54, 1.807) is 4.57 Å². The Morgan fingerprint density at radius 2 is 2.00 bits per heavy atom. The third-order valence-electron chi connectivity index (χ3n) is 5.34. The summed E-state index contributed by atoms with van der Waals surface area (Å²) in [6, 6.07) is 7.71. The van der Waals surface area contributed by atoms with Crippen LogP contribution in [0.3, 0.4) is 0 Å². The average Bonchev–Trinajstić information content (AvgIpc) is 3.49. The van der Waals surface area contributed by atoms with E-state index in [0.29, 0.717) is 24.9 Å². The molecule has 0 atom stereocenters. The van der Waals surface area contributed by atoms with E-state index in [0.717, 1.165) is 54.0 Å². The molecule has 2 aliphatic rings. The van der Waals surface area contributed by atoms with Crippen LogP contribution in [0.25, 0.3) is 11.0 Å². The maximum atomic E-state index is 12.2. The molecular weight excluding hydrogens is 342 g/mol. The molecule has 1 aliphatic carbocycles. The lowest BCUT2D eigenvalue weighted by Gasteiger charge is -2.14. The summed E-state index contributed by atoms with van der Waals surface area (Å²) in [5.41, 5.74) is 3.88. The van der Waals surface area contributed by atoms with Crippen LogP contribution in [0.15, 0.2) is 29.1 Å². The Hall–Kier alpha value is -2.67. The lowest BCUT2D eigenvalue weighted by molar-refractivity contribution is 0.282. The van der Waals surface area contributed by atoms with Crippen LogP contribution in [0, 0.1) is 0 Å². The Balaban J connectivity index is 1.39. The predicted molar refractivity (Wildman–Crippen MR) is 102 cm³/mol. The van der Waals surface area contributed by atoms with Gasteiger partial charge in [0, 0.05) is 24.4 Å². The molecule has 2 N–H and O–H groups in total. The molecule has 0 radical (unpaired) electrons. The third kappa shape index (κ3) is 3.23. The molecule has 3 aromatic rings. The van der Waals surface area contributed by atoms with Crippen molar-refractivity contribution in [3.05, 3.63) is 51.8 Å². The van der Waals surface area contributed by atoms with Gasteiger partial charge in [-0.3, -0.25) is 4.57 Å². The van der Waals surface area contributed by atoms with E-state index in [4.69, 9.17) is 14.7 Å². The number of aromatic amines is 1. The fourth-order valence-electron chi connectivity index (χ4n) is 3.73. The number of nitrogens with one attached hydrogen (secondary N) is 2. The first-order valence-electron chi connectivity index (χ1n) is 9.70. The minimum atomic E-state index is -0.107. The summed E-state index contributed by atoms with van der Waals surface area (Å²) >= 11 is 0. The number of imidazole rings is 1. The zero-order chi connectivity index (χ0) is 18.2. The molecule has 1 aromatic carbocycles. The van der Waals surface area contributed by atoms with Crippen LogP contribution < -0.4 is 15.7 Å². The second-order valence-electron chi connectivity index (χ2n) is 7.28. The van der Waals surface area contributed by atoms with Crippen molar-refractivity contribution in [3.63, 3.8) is 0 Å². The van der Waals surface area contributed by atoms with Crippen molar-refractivity contribution in [1.82, 2.24) is 24.8 Å². The van der Waals surface area contributed by atoms with E-state index in [2.05, 4.69) is 10.3 Å². The fraction of sp³-hybridized carbons (Fsp3) is 0.450. The molecule has 0 amide bonds. The quantitative estimate of drug-likeness (QED) is 0.720. The number of nitrogens with zero attached hydrogens (tertiary/aromatic N) is 3. The van der Waals surface area contributed by atoms with Crippen molar-refractivity contribution >= 4 is 11.0 Å². The second kappa shape index (κ2) is 6.81. The molecule has 2 aromatic heterocycles. The first kappa shape index (κ1) is 16.5. The average molecular weight is 365 g/mol. The monoisotopic (exact) mass is 365 g/mol. The fourth-order valence-corrected chi connectivity index (χ4v) is 3.73. The van der Waals surface area contributed by atoms with Crippen molar-refractivity contribution in [2.75, 3.05) is 19.7 Å². The molecule has 27 heavy (non-hydrogen) atoms. The van der Waals surface area contributed by atoms with Gasteiger partial charge in [0.05, 0.1) is 23.3 Å². The van der Waals surface area contributed by atoms with Gasteiger partial charge in [0.25, 0.3) is 0 Å². The van der Waals surface area contributed by atoms with Gasteiger partial charge in [-0.05, 0) is 37.9 Å². The largest absolute Gasteiger partial charge is 0.475 e. The van der Waals surface area contributed by atoms with Crippen LogP contribution in [0.5, 0.6) is 5.88 Å². The van der Waals surface area contributed by atoms with Gasteiger partial charge in [0.1, 0.15) is 12.4 Å². The molecule has 7 heteroatoms. The topological polar surface area (TPSA) is 84.8 Å². The second-order valence-corrected chi connectivity index (χ2v) is 7.28. The number of H-pyrrole nitrogens is 1. The zero-order valence-corrected chi connectivity index (χ0v) is 15.2. The Bertz CT molecular complexity index is 1030. The number of hydrogen-bond donors (Lipinski definition) is 2. The van der Waals surface area contributed by atoms with Gasteiger partial charge in [-0.15, -0.1) is 0 Å². The van der Waals surface area contributed by atoms with Gasteiger partial charge >= 0.3 is 5.69 Å².